The van der Waals surface area contributed by atoms with Crippen molar-refractivity contribution in [3.05, 3.63) is 47.2 Å². The number of thiazole rings is 1. The molecule has 0 saturated carbocycles. The highest BCUT2D eigenvalue weighted by molar-refractivity contribution is 7.91. The van der Waals surface area contributed by atoms with Gasteiger partial charge in [0.1, 0.15) is 5.82 Å². The Morgan fingerprint density at radius 3 is 2.58 bits per heavy atom. The van der Waals surface area contributed by atoms with Gasteiger partial charge >= 0.3 is 0 Å². The van der Waals surface area contributed by atoms with Crippen molar-refractivity contribution >= 4 is 49.9 Å². The lowest BCUT2D eigenvalue weighted by Gasteiger charge is -2.37. The summed E-state index contributed by atoms with van der Waals surface area (Å²) in [4.78, 5) is 34.2. The average Bonchev–Trinajstić information content (AvgIpc) is 3.39. The number of rotatable bonds is 5. The number of carbonyl (C=O) groups is 2. The Hall–Kier alpha value is -2.63. The molecule has 2 aliphatic rings. The van der Waals surface area contributed by atoms with Crippen molar-refractivity contribution in [3.63, 3.8) is 0 Å². The number of amides is 2. The van der Waals surface area contributed by atoms with Gasteiger partial charge in [-0.25, -0.2) is 17.8 Å². The molecule has 2 fully saturated rings. The second-order valence-corrected chi connectivity index (χ2v) is 11.2. The molecule has 0 unspecified atom stereocenters. The van der Waals surface area contributed by atoms with E-state index < -0.39 is 15.7 Å². The minimum Gasteiger partial charge on any atom is -0.337 e. The SMILES string of the molecule is CC(=O)N(c1nc(/C=C/C(=O)N2CCN([C@H]3CCS(=O)(=O)C3)CC2)cs1)c1ccccc1F. The van der Waals surface area contributed by atoms with Crippen LogP contribution >= 0.6 is 11.3 Å². The molecule has 0 bridgehead atoms. The fourth-order valence-electron chi connectivity index (χ4n) is 4.13. The molecule has 2 amide bonds. The fraction of sp³-hybridized carbons (Fsp3) is 0.409. The van der Waals surface area contributed by atoms with Gasteiger partial charge in [-0.2, -0.15) is 0 Å². The maximum atomic E-state index is 14.2. The summed E-state index contributed by atoms with van der Waals surface area (Å²) in [6.07, 6.45) is 3.68. The van der Waals surface area contributed by atoms with E-state index in [1.54, 1.807) is 28.5 Å². The molecular weight excluding hydrogens is 467 g/mol. The number of sulfone groups is 1. The first-order valence-corrected chi connectivity index (χ1v) is 13.4. The van der Waals surface area contributed by atoms with Crippen molar-refractivity contribution in [1.82, 2.24) is 14.8 Å². The zero-order chi connectivity index (χ0) is 23.6. The first-order chi connectivity index (χ1) is 15.7. The molecular formula is C22H25FN4O4S2. The molecule has 2 aliphatic heterocycles. The molecule has 0 aliphatic carbocycles. The van der Waals surface area contributed by atoms with Crippen LogP contribution in [0.4, 0.5) is 15.2 Å². The van der Waals surface area contributed by atoms with Crippen LogP contribution in [0, 0.1) is 5.82 Å². The molecule has 1 aromatic carbocycles. The Morgan fingerprint density at radius 1 is 1.21 bits per heavy atom. The second kappa shape index (κ2) is 9.70. The zero-order valence-electron chi connectivity index (χ0n) is 18.2. The smallest absolute Gasteiger partial charge is 0.246 e. The Morgan fingerprint density at radius 2 is 1.94 bits per heavy atom. The summed E-state index contributed by atoms with van der Waals surface area (Å²) in [5, 5.41) is 2.02. The minimum absolute atomic E-state index is 0.0508. The predicted octanol–water partition coefficient (Wildman–Crippen LogP) is 2.31. The van der Waals surface area contributed by atoms with Crippen LogP contribution in [-0.2, 0) is 19.4 Å². The molecule has 1 atom stereocenters. The third-order valence-corrected chi connectivity index (χ3v) is 8.45. The predicted molar refractivity (Wildman–Crippen MR) is 126 cm³/mol. The molecule has 33 heavy (non-hydrogen) atoms. The molecule has 176 valence electrons. The normalized spacial score (nSPS) is 20.9. The molecule has 0 spiro atoms. The lowest BCUT2D eigenvalue weighted by atomic mass is 10.2. The van der Waals surface area contributed by atoms with E-state index >= 15 is 0 Å². The Bertz CT molecular complexity index is 1170. The van der Waals surface area contributed by atoms with Gasteiger partial charge in [0, 0.05) is 50.6 Å². The van der Waals surface area contributed by atoms with Gasteiger partial charge in [0.2, 0.25) is 11.8 Å². The molecule has 3 heterocycles. The van der Waals surface area contributed by atoms with Gasteiger partial charge in [-0.1, -0.05) is 12.1 Å². The zero-order valence-corrected chi connectivity index (χ0v) is 19.8. The molecule has 4 rings (SSSR count). The fourth-order valence-corrected chi connectivity index (χ4v) is 6.74. The molecule has 0 radical (unpaired) electrons. The van der Waals surface area contributed by atoms with Gasteiger partial charge in [-0.15, -0.1) is 11.3 Å². The maximum absolute atomic E-state index is 14.2. The number of halogens is 1. The highest BCUT2D eigenvalue weighted by Crippen LogP contribution is 2.31. The number of hydrogen-bond acceptors (Lipinski definition) is 7. The standard InChI is InChI=1S/C22H25FN4O4S2/c1-16(28)27(20-5-3-2-4-19(20)23)22-24-17(14-32-22)6-7-21(29)26-11-9-25(10-12-26)18-8-13-33(30,31)15-18/h2-7,14,18H,8-13,15H2,1H3/b7-6+/t18-/m0/s1. The van der Waals surface area contributed by atoms with E-state index in [0.717, 1.165) is 0 Å². The average molecular weight is 493 g/mol. The topological polar surface area (TPSA) is 90.9 Å². The minimum atomic E-state index is -2.93. The molecule has 11 heteroatoms. The molecule has 8 nitrogen and oxygen atoms in total. The Labute approximate surface area is 196 Å². The summed E-state index contributed by atoms with van der Waals surface area (Å²) < 4.78 is 37.6. The molecule has 2 saturated heterocycles. The monoisotopic (exact) mass is 492 g/mol. The lowest BCUT2D eigenvalue weighted by molar-refractivity contribution is -0.128. The summed E-state index contributed by atoms with van der Waals surface area (Å²) in [6.45, 7) is 3.71. The van der Waals surface area contributed by atoms with Crippen LogP contribution in [0.1, 0.15) is 19.0 Å². The van der Waals surface area contributed by atoms with E-state index in [-0.39, 0.29) is 35.0 Å². The molecule has 1 aromatic heterocycles. The third kappa shape index (κ3) is 5.48. The summed E-state index contributed by atoms with van der Waals surface area (Å²) in [7, 11) is -2.93. The summed E-state index contributed by atoms with van der Waals surface area (Å²) >= 11 is 1.19. The first kappa shape index (κ1) is 23.5. The number of carbonyl (C=O) groups excluding carboxylic acids is 2. The van der Waals surface area contributed by atoms with E-state index in [1.165, 1.54) is 41.4 Å². The Balaban J connectivity index is 1.37. The third-order valence-electron chi connectivity index (χ3n) is 5.86. The van der Waals surface area contributed by atoms with Crippen LogP contribution < -0.4 is 4.90 Å². The Kier molecular flexibility index (Phi) is 6.91. The van der Waals surface area contributed by atoms with Crippen molar-refractivity contribution in [1.29, 1.82) is 0 Å². The van der Waals surface area contributed by atoms with Crippen LogP contribution in [0.5, 0.6) is 0 Å². The van der Waals surface area contributed by atoms with Gasteiger partial charge in [-0.3, -0.25) is 19.4 Å². The van der Waals surface area contributed by atoms with Crippen LogP contribution in [0.3, 0.4) is 0 Å². The van der Waals surface area contributed by atoms with Crippen molar-refractivity contribution in [2.24, 2.45) is 0 Å². The number of piperazine rings is 1. The quantitative estimate of drug-likeness (QED) is 0.595. The lowest BCUT2D eigenvalue weighted by Crippen LogP contribution is -2.52. The van der Waals surface area contributed by atoms with Crippen LogP contribution in [-0.4, -0.2) is 78.7 Å². The van der Waals surface area contributed by atoms with Crippen LogP contribution in [0.2, 0.25) is 0 Å². The number of nitrogens with zero attached hydrogens (tertiary/aromatic N) is 4. The van der Waals surface area contributed by atoms with Gasteiger partial charge in [0.15, 0.2) is 15.0 Å². The highest BCUT2D eigenvalue weighted by atomic mass is 32.2. The van der Waals surface area contributed by atoms with Gasteiger partial charge in [-0.05, 0) is 24.6 Å². The number of aromatic nitrogens is 1. The highest BCUT2D eigenvalue weighted by Gasteiger charge is 2.34. The van der Waals surface area contributed by atoms with Gasteiger partial charge in [0.05, 0.1) is 22.9 Å². The summed E-state index contributed by atoms with van der Waals surface area (Å²) in [6, 6.07) is 6.04. The van der Waals surface area contributed by atoms with E-state index in [9.17, 15) is 22.4 Å². The second-order valence-electron chi connectivity index (χ2n) is 8.11. The first-order valence-electron chi connectivity index (χ1n) is 10.7. The van der Waals surface area contributed by atoms with E-state index in [0.29, 0.717) is 43.4 Å². The molecule has 0 N–H and O–H groups in total. The van der Waals surface area contributed by atoms with Crippen LogP contribution in [0.15, 0.2) is 35.7 Å². The number of hydrogen-bond donors (Lipinski definition) is 0. The van der Waals surface area contributed by atoms with Crippen molar-refractivity contribution in [3.8, 4) is 0 Å². The van der Waals surface area contributed by atoms with Crippen molar-refractivity contribution < 1.29 is 22.4 Å². The maximum Gasteiger partial charge on any atom is 0.246 e. The number of benzene rings is 1. The van der Waals surface area contributed by atoms with E-state index in [4.69, 9.17) is 0 Å². The van der Waals surface area contributed by atoms with Crippen molar-refractivity contribution in [2.45, 2.75) is 19.4 Å². The van der Waals surface area contributed by atoms with E-state index in [1.807, 2.05) is 0 Å². The molecule has 2 aromatic rings. The number of para-hydroxylation sites is 1. The van der Waals surface area contributed by atoms with Gasteiger partial charge < -0.3 is 4.90 Å². The summed E-state index contributed by atoms with van der Waals surface area (Å²) in [5.74, 6) is -0.594. The number of anilines is 2. The van der Waals surface area contributed by atoms with Crippen LogP contribution in [0.25, 0.3) is 6.08 Å². The largest absolute Gasteiger partial charge is 0.337 e. The summed E-state index contributed by atoms with van der Waals surface area (Å²) in [5.41, 5.74) is 0.625. The van der Waals surface area contributed by atoms with E-state index in [2.05, 4.69) is 9.88 Å². The van der Waals surface area contributed by atoms with Crippen molar-refractivity contribution in [2.75, 3.05) is 42.6 Å². The van der Waals surface area contributed by atoms with Gasteiger partial charge in [0.25, 0.3) is 0 Å².